The maximum atomic E-state index is 12.7. The number of hydrogen-bond donors (Lipinski definition) is 2. The Bertz CT molecular complexity index is 809. The number of carbonyl (C=O) groups excluding carboxylic acids is 2. The minimum atomic E-state index is -0.433. The van der Waals surface area contributed by atoms with Crippen molar-refractivity contribution in [2.24, 2.45) is 23.7 Å². The molecule has 5 aliphatic carbocycles. The van der Waals surface area contributed by atoms with Crippen LogP contribution in [0.3, 0.4) is 0 Å². The molecule has 4 atom stereocenters. The molecule has 2 N–H and O–H groups in total. The Balaban J connectivity index is 1.30. The molecule has 6 rings (SSSR count). The summed E-state index contributed by atoms with van der Waals surface area (Å²) in [6.45, 7) is 4.01. The van der Waals surface area contributed by atoms with Crippen LogP contribution in [0, 0.1) is 30.6 Å². The van der Waals surface area contributed by atoms with Crippen LogP contribution in [0.2, 0.25) is 0 Å². The molecular weight excluding hydrogens is 354 g/mol. The van der Waals surface area contributed by atoms with Gasteiger partial charge in [-0.25, -0.2) is 9.78 Å². The summed E-state index contributed by atoms with van der Waals surface area (Å²) in [5.41, 5.74) is 0.391. The van der Waals surface area contributed by atoms with Crippen molar-refractivity contribution in [1.82, 2.24) is 15.6 Å². The van der Waals surface area contributed by atoms with Gasteiger partial charge in [-0.2, -0.15) is 0 Å². The van der Waals surface area contributed by atoms with Crippen LogP contribution in [0.15, 0.2) is 18.2 Å². The van der Waals surface area contributed by atoms with Crippen molar-refractivity contribution in [3.05, 3.63) is 23.9 Å². The summed E-state index contributed by atoms with van der Waals surface area (Å²) in [6, 6.07) is 5.40. The first-order valence-electron chi connectivity index (χ1n) is 10.6. The fourth-order valence-corrected chi connectivity index (χ4v) is 6.51. The van der Waals surface area contributed by atoms with Gasteiger partial charge in [-0.1, -0.05) is 13.0 Å². The van der Waals surface area contributed by atoms with Crippen molar-refractivity contribution in [1.29, 1.82) is 0 Å². The lowest BCUT2D eigenvalue weighted by atomic mass is 9.50. The Morgan fingerprint density at radius 3 is 2.32 bits per heavy atom. The first kappa shape index (κ1) is 18.0. The second-order valence-corrected chi connectivity index (χ2v) is 9.96. The lowest BCUT2D eigenvalue weighted by molar-refractivity contribution is -0.129. The molecule has 1 heterocycles. The van der Waals surface area contributed by atoms with Gasteiger partial charge < -0.3 is 15.4 Å². The van der Waals surface area contributed by atoms with E-state index in [0.717, 1.165) is 44.2 Å². The first-order chi connectivity index (χ1) is 13.3. The molecule has 0 spiro atoms. The molecule has 4 bridgehead atoms. The fourth-order valence-electron chi connectivity index (χ4n) is 6.51. The molecular formula is C22H29N3O3. The molecule has 4 unspecified atom stereocenters. The predicted octanol–water partition coefficient (Wildman–Crippen LogP) is 3.34. The zero-order valence-electron chi connectivity index (χ0n) is 16.7. The van der Waals surface area contributed by atoms with E-state index in [2.05, 4.69) is 22.5 Å². The number of aromatic nitrogens is 1. The van der Waals surface area contributed by atoms with E-state index in [4.69, 9.17) is 4.74 Å². The molecule has 6 nitrogen and oxygen atoms in total. The van der Waals surface area contributed by atoms with E-state index >= 15 is 0 Å². The van der Waals surface area contributed by atoms with Crippen LogP contribution in [0.4, 0.5) is 4.79 Å². The van der Waals surface area contributed by atoms with Gasteiger partial charge >= 0.3 is 6.09 Å². The number of pyridine rings is 1. The summed E-state index contributed by atoms with van der Waals surface area (Å²) in [5, 5.41) is 6.62. The normalized spacial score (nSPS) is 40.1. The van der Waals surface area contributed by atoms with Crippen LogP contribution >= 0.6 is 0 Å². The van der Waals surface area contributed by atoms with Gasteiger partial charge in [0.15, 0.2) is 0 Å². The second kappa shape index (κ2) is 6.19. The molecule has 5 aliphatic rings. The molecule has 5 fully saturated rings. The van der Waals surface area contributed by atoms with Crippen molar-refractivity contribution in [2.75, 3.05) is 0 Å². The van der Waals surface area contributed by atoms with E-state index in [0.29, 0.717) is 23.6 Å². The van der Waals surface area contributed by atoms with E-state index in [-0.39, 0.29) is 22.9 Å². The molecule has 0 radical (unpaired) electrons. The molecule has 0 saturated heterocycles. The van der Waals surface area contributed by atoms with Gasteiger partial charge in [0, 0.05) is 28.8 Å². The fraction of sp³-hybridized carbons (Fsp3) is 0.682. The number of hydrogen-bond acceptors (Lipinski definition) is 4. The van der Waals surface area contributed by atoms with Gasteiger partial charge in [0.25, 0.3) is 0 Å². The lowest BCUT2D eigenvalue weighted by Crippen LogP contribution is -2.70. The minimum Gasteiger partial charge on any atom is -0.391 e. The predicted molar refractivity (Wildman–Crippen MR) is 104 cm³/mol. The summed E-state index contributed by atoms with van der Waals surface area (Å²) in [5.74, 6) is 2.38. The van der Waals surface area contributed by atoms with E-state index < -0.39 is 6.09 Å². The highest BCUT2D eigenvalue weighted by Gasteiger charge is 2.59. The van der Waals surface area contributed by atoms with Crippen LogP contribution < -0.4 is 15.4 Å². The summed E-state index contributed by atoms with van der Waals surface area (Å²) in [4.78, 5) is 29.6. The van der Waals surface area contributed by atoms with E-state index in [1.54, 1.807) is 6.07 Å². The van der Waals surface area contributed by atoms with Crippen molar-refractivity contribution >= 4 is 12.0 Å². The Hall–Kier alpha value is -2.11. The topological polar surface area (TPSA) is 80.3 Å². The number of nitrogens with zero attached hydrogens (tertiary/aromatic N) is 1. The zero-order chi connectivity index (χ0) is 19.5. The van der Waals surface area contributed by atoms with Gasteiger partial charge in [-0.3, -0.25) is 4.79 Å². The highest BCUT2D eigenvalue weighted by Crippen LogP contribution is 2.57. The summed E-state index contributed by atoms with van der Waals surface area (Å²) >= 11 is 0. The highest BCUT2D eigenvalue weighted by atomic mass is 16.6. The standard InChI is InChI=1S/C22H29N3O3/c1-13-6-17(13)19(26)24-21-8-15-7-16(9-21)11-22(10-15,12-21)25-20(27)28-18-5-3-4-14(2)23-18/h3-5,13,15-17H,6-12H2,1-2H3,(H,24,26)(H,25,27). The average molecular weight is 383 g/mol. The molecule has 2 amide bonds. The summed E-state index contributed by atoms with van der Waals surface area (Å²) < 4.78 is 5.46. The van der Waals surface area contributed by atoms with Gasteiger partial charge in [0.05, 0.1) is 0 Å². The maximum Gasteiger partial charge on any atom is 0.414 e. The number of nitrogens with one attached hydrogen (secondary N) is 2. The zero-order valence-corrected chi connectivity index (χ0v) is 16.7. The van der Waals surface area contributed by atoms with E-state index in [9.17, 15) is 9.59 Å². The van der Waals surface area contributed by atoms with Crippen LogP contribution in [-0.4, -0.2) is 28.1 Å². The smallest absolute Gasteiger partial charge is 0.391 e. The maximum absolute atomic E-state index is 12.7. The third-order valence-corrected chi connectivity index (χ3v) is 7.32. The summed E-state index contributed by atoms with van der Waals surface area (Å²) in [6.07, 6.45) is 6.67. The van der Waals surface area contributed by atoms with E-state index in [1.807, 2.05) is 19.1 Å². The number of aryl methyl sites for hydroxylation is 1. The van der Waals surface area contributed by atoms with Gasteiger partial charge in [0.2, 0.25) is 11.8 Å². The molecule has 6 heteroatoms. The van der Waals surface area contributed by atoms with E-state index in [1.165, 1.54) is 6.42 Å². The molecule has 1 aromatic rings. The second-order valence-electron chi connectivity index (χ2n) is 9.96. The third-order valence-electron chi connectivity index (χ3n) is 7.32. The van der Waals surface area contributed by atoms with Crippen molar-refractivity contribution in [3.63, 3.8) is 0 Å². The lowest BCUT2D eigenvalue weighted by Gasteiger charge is -2.62. The van der Waals surface area contributed by atoms with Crippen LogP contribution in [-0.2, 0) is 4.79 Å². The summed E-state index contributed by atoms with van der Waals surface area (Å²) in [7, 11) is 0. The molecule has 1 aromatic heterocycles. The van der Waals surface area contributed by atoms with Crippen LogP contribution in [0.25, 0.3) is 0 Å². The van der Waals surface area contributed by atoms with Crippen LogP contribution in [0.5, 0.6) is 5.88 Å². The molecule has 28 heavy (non-hydrogen) atoms. The number of rotatable bonds is 4. The highest BCUT2D eigenvalue weighted by molar-refractivity contribution is 5.82. The van der Waals surface area contributed by atoms with Crippen molar-refractivity contribution < 1.29 is 14.3 Å². The first-order valence-corrected chi connectivity index (χ1v) is 10.6. The number of ether oxygens (including phenoxy) is 1. The van der Waals surface area contributed by atoms with Crippen molar-refractivity contribution in [3.8, 4) is 5.88 Å². The SMILES string of the molecule is Cc1cccc(OC(=O)NC23CC4CC(C2)CC(NC(=O)C2CC2C)(C4)C3)n1. The molecule has 5 saturated carbocycles. The Labute approximate surface area is 165 Å². The molecule has 150 valence electrons. The molecule has 0 aromatic carbocycles. The van der Waals surface area contributed by atoms with Crippen LogP contribution in [0.1, 0.15) is 57.6 Å². The average Bonchev–Trinajstić information content (AvgIpc) is 3.29. The Kier molecular flexibility index (Phi) is 3.97. The third kappa shape index (κ3) is 3.27. The quantitative estimate of drug-likeness (QED) is 0.836. The Morgan fingerprint density at radius 2 is 1.71 bits per heavy atom. The monoisotopic (exact) mass is 383 g/mol. The largest absolute Gasteiger partial charge is 0.414 e. The van der Waals surface area contributed by atoms with Gasteiger partial charge in [-0.15, -0.1) is 0 Å². The number of amides is 2. The van der Waals surface area contributed by atoms with Crippen molar-refractivity contribution in [2.45, 2.75) is 69.9 Å². The molecule has 0 aliphatic heterocycles. The van der Waals surface area contributed by atoms with Gasteiger partial charge in [-0.05, 0) is 75.7 Å². The number of carbonyl (C=O) groups is 2. The minimum absolute atomic E-state index is 0.154. The Morgan fingerprint density at radius 1 is 1.07 bits per heavy atom. The van der Waals surface area contributed by atoms with Gasteiger partial charge in [0.1, 0.15) is 0 Å².